The van der Waals surface area contributed by atoms with Crippen molar-refractivity contribution in [2.75, 3.05) is 6.61 Å². The van der Waals surface area contributed by atoms with Crippen molar-refractivity contribution in [2.24, 2.45) is 5.10 Å². The smallest absolute Gasteiger partial charge is 0.277 e. The van der Waals surface area contributed by atoms with Crippen LogP contribution in [0.2, 0.25) is 0 Å². The number of halogens is 1. The predicted octanol–water partition coefficient (Wildman–Crippen LogP) is 5.06. The lowest BCUT2D eigenvalue weighted by Crippen LogP contribution is -2.26. The second-order valence-electron chi connectivity index (χ2n) is 7.00. The molecule has 2 rings (SSSR count). The highest BCUT2D eigenvalue weighted by molar-refractivity contribution is 9.10. The summed E-state index contributed by atoms with van der Waals surface area (Å²) in [7, 11) is 0. The van der Waals surface area contributed by atoms with Crippen LogP contribution in [0.15, 0.2) is 58.1 Å². The second-order valence-corrected chi connectivity index (χ2v) is 7.85. The molecule has 5 heteroatoms. The maximum absolute atomic E-state index is 12.0. The lowest BCUT2D eigenvalue weighted by Gasteiger charge is -2.20. The van der Waals surface area contributed by atoms with E-state index in [1.807, 2.05) is 55.5 Å². The van der Waals surface area contributed by atoms with Crippen molar-refractivity contribution in [1.29, 1.82) is 0 Å². The fraction of sp³-hybridized carbons (Fsp3) is 0.333. The molecule has 0 fully saturated rings. The van der Waals surface area contributed by atoms with Gasteiger partial charge in [0.2, 0.25) is 0 Å². The fourth-order valence-electron chi connectivity index (χ4n) is 2.37. The van der Waals surface area contributed by atoms with E-state index >= 15 is 0 Å². The average molecular weight is 417 g/mol. The third-order valence-electron chi connectivity index (χ3n) is 3.91. The van der Waals surface area contributed by atoms with Crippen LogP contribution in [0.3, 0.4) is 0 Å². The second kappa shape index (κ2) is 8.99. The summed E-state index contributed by atoms with van der Waals surface area (Å²) in [5.74, 6) is 0.342. The molecule has 138 valence electrons. The molecular weight excluding hydrogens is 392 g/mol. The van der Waals surface area contributed by atoms with Gasteiger partial charge in [0.1, 0.15) is 5.75 Å². The molecule has 4 nitrogen and oxygen atoms in total. The highest BCUT2D eigenvalue weighted by Crippen LogP contribution is 2.31. The summed E-state index contributed by atoms with van der Waals surface area (Å²) in [6.07, 6.45) is 0.727. The molecule has 2 aromatic carbocycles. The Morgan fingerprint density at radius 1 is 1.15 bits per heavy atom. The zero-order chi connectivity index (χ0) is 19.2. The molecule has 0 saturated carbocycles. The molecule has 0 spiro atoms. The average Bonchev–Trinajstić information content (AvgIpc) is 2.61. The standard InChI is InChI=1S/C21H25BrN2O2/c1-5-18(15-9-7-6-8-10-15)23-24-20(25)14-26-19-12-11-16(13-17(19)22)21(2,3)4/h6-13H,5,14H2,1-4H3,(H,24,25). The SMILES string of the molecule is CCC(=NNC(=O)COc1ccc(C(C)(C)C)cc1Br)c1ccccc1. The van der Waals surface area contributed by atoms with Crippen LogP contribution in [-0.4, -0.2) is 18.2 Å². The predicted molar refractivity (Wildman–Crippen MR) is 110 cm³/mol. The van der Waals surface area contributed by atoms with Crippen LogP contribution < -0.4 is 10.2 Å². The zero-order valence-electron chi connectivity index (χ0n) is 15.7. The van der Waals surface area contributed by atoms with Crippen molar-refractivity contribution < 1.29 is 9.53 Å². The molecule has 2 aromatic rings. The van der Waals surface area contributed by atoms with E-state index in [-0.39, 0.29) is 17.9 Å². The monoisotopic (exact) mass is 416 g/mol. The Morgan fingerprint density at radius 2 is 1.85 bits per heavy atom. The van der Waals surface area contributed by atoms with Crippen LogP contribution in [0.4, 0.5) is 0 Å². The van der Waals surface area contributed by atoms with Crippen LogP contribution >= 0.6 is 15.9 Å². The molecule has 0 aliphatic rings. The molecule has 0 radical (unpaired) electrons. The van der Waals surface area contributed by atoms with Gasteiger partial charge < -0.3 is 4.74 Å². The summed E-state index contributed by atoms with van der Waals surface area (Å²) in [5.41, 5.74) is 5.64. The van der Waals surface area contributed by atoms with E-state index in [0.717, 1.165) is 22.2 Å². The number of hydrogen-bond donors (Lipinski definition) is 1. The summed E-state index contributed by atoms with van der Waals surface area (Å²) in [4.78, 5) is 12.0. The zero-order valence-corrected chi connectivity index (χ0v) is 17.3. The minimum atomic E-state index is -0.293. The number of hydrogen-bond acceptors (Lipinski definition) is 3. The molecule has 0 aliphatic carbocycles. The Balaban J connectivity index is 1.95. The molecule has 0 aromatic heterocycles. The first kappa shape index (κ1) is 20.2. The number of carbonyl (C=O) groups excluding carboxylic acids is 1. The van der Waals surface area contributed by atoms with Crippen molar-refractivity contribution >= 4 is 27.5 Å². The minimum Gasteiger partial charge on any atom is -0.483 e. The van der Waals surface area contributed by atoms with Crippen molar-refractivity contribution in [1.82, 2.24) is 5.43 Å². The third-order valence-corrected chi connectivity index (χ3v) is 4.53. The Bertz CT molecular complexity index is 780. The van der Waals surface area contributed by atoms with Crippen molar-refractivity contribution in [2.45, 2.75) is 39.5 Å². The quantitative estimate of drug-likeness (QED) is 0.528. The van der Waals surface area contributed by atoms with Gasteiger partial charge in [-0.25, -0.2) is 5.43 Å². The van der Waals surface area contributed by atoms with E-state index in [1.54, 1.807) is 0 Å². The lowest BCUT2D eigenvalue weighted by atomic mass is 9.87. The van der Waals surface area contributed by atoms with Crippen molar-refractivity contribution in [3.63, 3.8) is 0 Å². The number of benzene rings is 2. The largest absolute Gasteiger partial charge is 0.483 e. The molecule has 0 unspecified atom stereocenters. The molecule has 0 aliphatic heterocycles. The van der Waals surface area contributed by atoms with Gasteiger partial charge in [-0.05, 0) is 51.0 Å². The summed E-state index contributed by atoms with van der Waals surface area (Å²) in [5, 5.41) is 4.22. The third kappa shape index (κ3) is 5.70. The summed E-state index contributed by atoms with van der Waals surface area (Å²) >= 11 is 3.51. The van der Waals surface area contributed by atoms with Gasteiger partial charge >= 0.3 is 0 Å². The van der Waals surface area contributed by atoms with E-state index in [2.05, 4.69) is 47.2 Å². The molecule has 0 bridgehead atoms. The van der Waals surface area contributed by atoms with E-state index in [9.17, 15) is 4.79 Å². The Labute approximate surface area is 163 Å². The van der Waals surface area contributed by atoms with Gasteiger partial charge in [-0.3, -0.25) is 4.79 Å². The number of ether oxygens (including phenoxy) is 1. The topological polar surface area (TPSA) is 50.7 Å². The first-order valence-electron chi connectivity index (χ1n) is 8.65. The Morgan fingerprint density at radius 3 is 2.42 bits per heavy atom. The number of carbonyl (C=O) groups is 1. The van der Waals surface area contributed by atoms with Crippen molar-refractivity contribution in [3.8, 4) is 5.75 Å². The highest BCUT2D eigenvalue weighted by Gasteiger charge is 2.15. The molecular formula is C21H25BrN2O2. The van der Waals surface area contributed by atoms with Crippen LogP contribution in [0.25, 0.3) is 0 Å². The molecule has 0 heterocycles. The van der Waals surface area contributed by atoms with Crippen LogP contribution in [0.1, 0.15) is 45.2 Å². The van der Waals surface area contributed by atoms with Crippen LogP contribution in [0.5, 0.6) is 5.75 Å². The normalized spacial score (nSPS) is 12.0. The highest BCUT2D eigenvalue weighted by atomic mass is 79.9. The van der Waals surface area contributed by atoms with Crippen LogP contribution in [0, 0.1) is 0 Å². The van der Waals surface area contributed by atoms with Gasteiger partial charge in [0.05, 0.1) is 10.2 Å². The van der Waals surface area contributed by atoms with Gasteiger partial charge in [0.15, 0.2) is 6.61 Å². The number of nitrogens with one attached hydrogen (secondary N) is 1. The minimum absolute atomic E-state index is 0.0567. The van der Waals surface area contributed by atoms with Gasteiger partial charge in [-0.15, -0.1) is 0 Å². The first-order valence-corrected chi connectivity index (χ1v) is 9.44. The molecule has 0 saturated heterocycles. The van der Waals surface area contributed by atoms with E-state index < -0.39 is 0 Å². The molecule has 1 amide bonds. The maximum Gasteiger partial charge on any atom is 0.277 e. The molecule has 1 N–H and O–H groups in total. The van der Waals surface area contributed by atoms with Crippen LogP contribution in [-0.2, 0) is 10.2 Å². The maximum atomic E-state index is 12.0. The summed E-state index contributed by atoms with van der Waals surface area (Å²) in [6, 6.07) is 15.7. The Hall–Kier alpha value is -2.14. The van der Waals surface area contributed by atoms with E-state index in [4.69, 9.17) is 4.74 Å². The number of nitrogens with zero attached hydrogens (tertiary/aromatic N) is 1. The lowest BCUT2D eigenvalue weighted by molar-refractivity contribution is -0.123. The van der Waals surface area contributed by atoms with Crippen molar-refractivity contribution in [3.05, 3.63) is 64.1 Å². The van der Waals surface area contributed by atoms with E-state index in [1.165, 1.54) is 5.56 Å². The molecule has 0 atom stereocenters. The van der Waals surface area contributed by atoms with E-state index in [0.29, 0.717) is 5.75 Å². The van der Waals surface area contributed by atoms with Gasteiger partial charge in [-0.1, -0.05) is 64.1 Å². The van der Waals surface area contributed by atoms with Gasteiger partial charge in [-0.2, -0.15) is 5.10 Å². The van der Waals surface area contributed by atoms with Gasteiger partial charge in [0, 0.05) is 0 Å². The summed E-state index contributed by atoms with van der Waals surface area (Å²) < 4.78 is 6.44. The van der Waals surface area contributed by atoms with Gasteiger partial charge in [0.25, 0.3) is 5.91 Å². The summed E-state index contributed by atoms with van der Waals surface area (Å²) in [6.45, 7) is 8.36. The molecule has 26 heavy (non-hydrogen) atoms. The first-order chi connectivity index (χ1) is 12.3. The number of rotatable bonds is 6. The Kier molecular flexibility index (Phi) is 6.98. The fourth-order valence-corrected chi connectivity index (χ4v) is 2.86. The number of amides is 1. The number of hydrazone groups is 1.